The van der Waals surface area contributed by atoms with Gasteiger partial charge in [-0.15, -0.1) is 0 Å². The molecule has 1 amide bonds. The number of pyridine rings is 1. The molecule has 3 aromatic rings. The Morgan fingerprint density at radius 2 is 2.12 bits per heavy atom. The van der Waals surface area contributed by atoms with E-state index in [0.29, 0.717) is 24.3 Å². The Bertz CT molecular complexity index is 1180. The molecule has 8 heteroatoms. The Morgan fingerprint density at radius 1 is 1.34 bits per heavy atom. The number of nitrogens with one attached hydrogen (secondary N) is 1. The van der Waals surface area contributed by atoms with Crippen LogP contribution in [0.25, 0.3) is 5.65 Å². The molecule has 1 saturated heterocycles. The van der Waals surface area contributed by atoms with Crippen molar-refractivity contribution in [2.24, 2.45) is 0 Å². The Balaban J connectivity index is 1.37. The van der Waals surface area contributed by atoms with Crippen molar-refractivity contribution in [3.05, 3.63) is 69.6 Å². The maximum atomic E-state index is 13.3. The Kier molecular flexibility index (Phi) is 5.57. The summed E-state index contributed by atoms with van der Waals surface area (Å²) < 4.78 is 8.22. The summed E-state index contributed by atoms with van der Waals surface area (Å²) in [5, 5.41) is 14.7. The van der Waals surface area contributed by atoms with E-state index in [-0.39, 0.29) is 18.6 Å². The van der Waals surface area contributed by atoms with E-state index < -0.39 is 11.6 Å². The van der Waals surface area contributed by atoms with Gasteiger partial charge in [0.25, 0.3) is 5.91 Å². The number of hydrogen-bond donors (Lipinski definition) is 2. The summed E-state index contributed by atoms with van der Waals surface area (Å²) in [4.78, 5) is 19.6. The second-order valence-corrected chi connectivity index (χ2v) is 9.74. The topological polar surface area (TPSA) is 79.1 Å². The highest BCUT2D eigenvalue weighted by atomic mass is 79.9. The molecule has 0 aliphatic carbocycles. The molecule has 168 valence electrons. The van der Waals surface area contributed by atoms with Crippen LogP contribution in [-0.2, 0) is 17.7 Å². The highest BCUT2D eigenvalue weighted by Gasteiger charge is 2.45. The van der Waals surface area contributed by atoms with E-state index in [0.717, 1.165) is 23.0 Å². The van der Waals surface area contributed by atoms with Crippen molar-refractivity contribution in [2.75, 3.05) is 20.2 Å². The Hall–Kier alpha value is -2.26. The molecule has 0 unspecified atom stereocenters. The molecule has 1 aromatic carbocycles. The first-order valence-corrected chi connectivity index (χ1v) is 11.7. The van der Waals surface area contributed by atoms with Crippen LogP contribution in [0.4, 0.5) is 0 Å². The van der Waals surface area contributed by atoms with E-state index in [1.807, 2.05) is 35.7 Å². The van der Waals surface area contributed by atoms with Crippen molar-refractivity contribution in [3.63, 3.8) is 0 Å². The number of nitrogens with zero attached hydrogens (tertiary/aromatic N) is 3. The van der Waals surface area contributed by atoms with Crippen molar-refractivity contribution in [1.82, 2.24) is 19.6 Å². The number of hydrogen-bond acceptors (Lipinski definition) is 5. The Labute approximate surface area is 195 Å². The fourth-order valence-corrected chi connectivity index (χ4v) is 5.40. The second-order valence-electron chi connectivity index (χ2n) is 8.82. The lowest BCUT2D eigenvalue weighted by molar-refractivity contribution is -0.0140. The molecule has 5 rings (SSSR count). The number of halogens is 1. The number of benzene rings is 1. The summed E-state index contributed by atoms with van der Waals surface area (Å²) in [6.45, 7) is 3.55. The molecule has 7 nitrogen and oxygen atoms in total. The van der Waals surface area contributed by atoms with Gasteiger partial charge in [0.1, 0.15) is 11.3 Å². The molecule has 32 heavy (non-hydrogen) atoms. The minimum Gasteiger partial charge on any atom is -0.389 e. The highest BCUT2D eigenvalue weighted by molar-refractivity contribution is 9.10. The molecule has 1 fully saturated rings. The van der Waals surface area contributed by atoms with Crippen molar-refractivity contribution in [3.8, 4) is 0 Å². The lowest BCUT2D eigenvalue weighted by Gasteiger charge is -2.48. The van der Waals surface area contributed by atoms with Crippen molar-refractivity contribution >= 4 is 27.5 Å². The van der Waals surface area contributed by atoms with E-state index in [9.17, 15) is 9.90 Å². The van der Waals surface area contributed by atoms with Crippen LogP contribution in [0, 0.1) is 0 Å². The van der Waals surface area contributed by atoms with Crippen molar-refractivity contribution < 1.29 is 14.6 Å². The number of β-amino-alcohol motifs (C(OH)–C–C–N with tert-alkyl or cyclic N) is 1. The van der Waals surface area contributed by atoms with Crippen molar-refractivity contribution in [2.45, 2.75) is 44.1 Å². The third-order valence-electron chi connectivity index (χ3n) is 6.96. The van der Waals surface area contributed by atoms with E-state index in [1.165, 1.54) is 11.1 Å². The van der Waals surface area contributed by atoms with Gasteiger partial charge in [0.05, 0.1) is 17.7 Å². The monoisotopic (exact) mass is 498 g/mol. The highest BCUT2D eigenvalue weighted by Crippen LogP contribution is 2.33. The van der Waals surface area contributed by atoms with E-state index >= 15 is 0 Å². The number of amides is 1. The number of piperidine rings is 1. The number of carbonyl (C=O) groups is 1. The number of methoxy groups -OCH3 is 1. The van der Waals surface area contributed by atoms with E-state index in [4.69, 9.17) is 4.74 Å². The molecule has 0 bridgehead atoms. The fraction of sp³-hybridized carbons (Fsp3) is 0.417. The van der Waals surface area contributed by atoms with Gasteiger partial charge in [-0.25, -0.2) is 4.98 Å². The van der Waals surface area contributed by atoms with Gasteiger partial charge in [-0.2, -0.15) is 0 Å². The number of aliphatic hydroxyl groups excluding tert-OH is 1. The van der Waals surface area contributed by atoms with Crippen LogP contribution in [0.3, 0.4) is 0 Å². The van der Waals surface area contributed by atoms with Crippen LogP contribution in [0.5, 0.6) is 0 Å². The quantitative estimate of drug-likeness (QED) is 0.579. The van der Waals surface area contributed by atoms with Crippen LogP contribution < -0.4 is 5.32 Å². The number of ether oxygens (including phenoxy) is 1. The standard InChI is InChI=1S/C24H27BrN4O3/c1-15(32-2)19-9-18(25)12-29-13-20(27-22(19)29)23(31)28-8-7-24(21(30)14-28)10-16-5-3-4-6-17(16)11-26-24/h3-6,9,12-13,15,21,26,30H,7-8,10-11,14H2,1-2H3/t15-,21-,24+/m1/s1. The number of imidazole rings is 1. The van der Waals surface area contributed by atoms with Gasteiger partial charge < -0.3 is 24.5 Å². The van der Waals surface area contributed by atoms with Gasteiger partial charge in [-0.3, -0.25) is 4.79 Å². The van der Waals surface area contributed by atoms with Gasteiger partial charge >= 0.3 is 0 Å². The maximum Gasteiger partial charge on any atom is 0.274 e. The van der Waals surface area contributed by atoms with Crippen LogP contribution in [0.15, 0.2) is 47.2 Å². The van der Waals surface area contributed by atoms with Crippen LogP contribution >= 0.6 is 15.9 Å². The minimum atomic E-state index is -0.649. The molecule has 2 aliphatic rings. The second kappa shape index (κ2) is 8.26. The first kappa shape index (κ1) is 21.6. The molecule has 0 radical (unpaired) electrons. The number of rotatable bonds is 3. The average molecular weight is 499 g/mol. The summed E-state index contributed by atoms with van der Waals surface area (Å²) in [5.41, 5.74) is 4.14. The fourth-order valence-electron chi connectivity index (χ4n) is 4.93. The molecule has 0 saturated carbocycles. The first-order valence-electron chi connectivity index (χ1n) is 10.9. The number of likely N-dealkylation sites (tertiary alicyclic amines) is 1. The third kappa shape index (κ3) is 3.65. The average Bonchev–Trinajstić information content (AvgIpc) is 3.23. The molecule has 4 heterocycles. The zero-order valence-electron chi connectivity index (χ0n) is 18.2. The lowest BCUT2D eigenvalue weighted by atomic mass is 9.76. The molecular weight excluding hydrogens is 472 g/mol. The summed E-state index contributed by atoms with van der Waals surface area (Å²) in [5.74, 6) is -0.161. The summed E-state index contributed by atoms with van der Waals surface area (Å²) in [6, 6.07) is 10.3. The van der Waals surface area contributed by atoms with Gasteiger partial charge in [-0.05, 0) is 52.9 Å². The van der Waals surface area contributed by atoms with Gasteiger partial charge in [0.2, 0.25) is 0 Å². The normalized spacial score (nSPS) is 24.0. The lowest BCUT2D eigenvalue weighted by Crippen LogP contribution is -2.65. The summed E-state index contributed by atoms with van der Waals surface area (Å²) >= 11 is 3.52. The Morgan fingerprint density at radius 3 is 2.88 bits per heavy atom. The van der Waals surface area contributed by atoms with Gasteiger partial charge in [-0.1, -0.05) is 24.3 Å². The largest absolute Gasteiger partial charge is 0.389 e. The first-order chi connectivity index (χ1) is 15.4. The molecule has 2 aliphatic heterocycles. The van der Waals surface area contributed by atoms with Crippen LogP contribution in [0.2, 0.25) is 0 Å². The van der Waals surface area contributed by atoms with Gasteiger partial charge in [0.15, 0.2) is 0 Å². The SMILES string of the molecule is CO[C@H](C)c1cc(Br)cn2cc(C(=O)N3CC[C@]4(Cc5ccccc5CN4)[C@H](O)C3)nc12. The third-order valence-corrected chi connectivity index (χ3v) is 7.39. The van der Waals surface area contributed by atoms with Gasteiger partial charge in [0, 0.05) is 49.2 Å². The zero-order valence-corrected chi connectivity index (χ0v) is 19.8. The number of aromatic nitrogens is 2. The molecular formula is C24H27BrN4O3. The summed E-state index contributed by atoms with van der Waals surface area (Å²) in [7, 11) is 1.65. The van der Waals surface area contributed by atoms with Crippen LogP contribution in [-0.4, -0.2) is 57.1 Å². The van der Waals surface area contributed by atoms with E-state index in [2.05, 4.69) is 38.4 Å². The maximum absolute atomic E-state index is 13.3. The van der Waals surface area contributed by atoms with Crippen LogP contribution in [0.1, 0.15) is 46.6 Å². The molecule has 3 atom stereocenters. The molecule has 2 N–H and O–H groups in total. The predicted octanol–water partition coefficient (Wildman–Crippen LogP) is 3.10. The summed E-state index contributed by atoms with van der Waals surface area (Å²) in [6.07, 6.45) is 4.29. The molecule has 1 spiro atoms. The smallest absolute Gasteiger partial charge is 0.274 e. The molecule has 2 aromatic heterocycles. The predicted molar refractivity (Wildman–Crippen MR) is 125 cm³/mol. The minimum absolute atomic E-state index is 0.155. The zero-order chi connectivity index (χ0) is 22.5. The number of carbonyl (C=O) groups excluding carboxylic acids is 1. The number of aliphatic hydroxyl groups is 1. The van der Waals surface area contributed by atoms with E-state index in [1.54, 1.807) is 18.2 Å². The number of fused-ring (bicyclic) bond motifs is 2. The van der Waals surface area contributed by atoms with Crippen molar-refractivity contribution in [1.29, 1.82) is 0 Å².